The molecule has 0 aliphatic carbocycles. The van der Waals surface area contributed by atoms with Gasteiger partial charge in [-0.15, -0.1) is 0 Å². The van der Waals surface area contributed by atoms with Gasteiger partial charge in [-0.3, -0.25) is 4.90 Å². The largest absolute Gasteiger partial charge is 0.297 e. The molecule has 1 aromatic carbocycles. The predicted molar refractivity (Wildman–Crippen MR) is 62.5 cm³/mol. The van der Waals surface area contributed by atoms with Crippen LogP contribution in [0.4, 0.5) is 0 Å². The van der Waals surface area contributed by atoms with Gasteiger partial charge in [-0.05, 0) is 31.6 Å². The lowest BCUT2D eigenvalue weighted by Gasteiger charge is -2.27. The molecular formula is C13H18N2. The third kappa shape index (κ3) is 2.57. The van der Waals surface area contributed by atoms with Gasteiger partial charge in [-0.25, -0.2) is 0 Å². The molecule has 15 heavy (non-hydrogen) atoms. The normalized spacial score (nSPS) is 12.5. The zero-order chi connectivity index (χ0) is 11.3. The average molecular weight is 202 g/mol. The minimum Gasteiger partial charge on any atom is -0.297 e. The summed E-state index contributed by atoms with van der Waals surface area (Å²) in [5, 5.41) is 9.03. The summed E-state index contributed by atoms with van der Waals surface area (Å²) >= 11 is 0. The van der Waals surface area contributed by atoms with Crippen LogP contribution in [0.2, 0.25) is 0 Å². The molecule has 0 heterocycles. The van der Waals surface area contributed by atoms with Crippen LogP contribution < -0.4 is 0 Å². The van der Waals surface area contributed by atoms with E-state index in [1.54, 1.807) is 0 Å². The van der Waals surface area contributed by atoms with Crippen LogP contribution in [-0.4, -0.2) is 18.0 Å². The zero-order valence-electron chi connectivity index (χ0n) is 9.70. The van der Waals surface area contributed by atoms with Crippen LogP contribution in [-0.2, 0) is 0 Å². The van der Waals surface area contributed by atoms with Gasteiger partial charge in [0.25, 0.3) is 0 Å². The lowest BCUT2D eigenvalue weighted by molar-refractivity contribution is 0.234. The van der Waals surface area contributed by atoms with E-state index in [2.05, 4.69) is 31.7 Å². The molecule has 0 radical (unpaired) electrons. The maximum atomic E-state index is 9.03. The summed E-state index contributed by atoms with van der Waals surface area (Å²) in [6.45, 7) is 8.47. The standard InChI is InChI=1S/C13H18N2/c1-4-15(5-2)11(3)13-9-7-6-8-12(13)10-14/h6-9,11H,4-5H2,1-3H3. The van der Waals surface area contributed by atoms with Crippen molar-refractivity contribution in [3.8, 4) is 6.07 Å². The summed E-state index contributed by atoms with van der Waals surface area (Å²) in [6.07, 6.45) is 0. The fraction of sp³-hybridized carbons (Fsp3) is 0.462. The monoisotopic (exact) mass is 202 g/mol. The third-order valence-corrected chi connectivity index (χ3v) is 2.89. The summed E-state index contributed by atoms with van der Waals surface area (Å²) < 4.78 is 0. The van der Waals surface area contributed by atoms with Crippen LogP contribution in [0.25, 0.3) is 0 Å². The topological polar surface area (TPSA) is 27.0 Å². The van der Waals surface area contributed by atoms with Gasteiger partial charge in [-0.2, -0.15) is 5.26 Å². The maximum absolute atomic E-state index is 9.03. The average Bonchev–Trinajstić information content (AvgIpc) is 2.30. The van der Waals surface area contributed by atoms with E-state index in [1.165, 1.54) is 0 Å². The molecule has 0 bridgehead atoms. The van der Waals surface area contributed by atoms with Gasteiger partial charge in [0.1, 0.15) is 0 Å². The number of hydrogen-bond donors (Lipinski definition) is 0. The van der Waals surface area contributed by atoms with Gasteiger partial charge in [0, 0.05) is 6.04 Å². The molecule has 0 aliphatic heterocycles. The van der Waals surface area contributed by atoms with Crippen molar-refractivity contribution in [2.75, 3.05) is 13.1 Å². The van der Waals surface area contributed by atoms with Crippen molar-refractivity contribution in [1.29, 1.82) is 5.26 Å². The lowest BCUT2D eigenvalue weighted by Crippen LogP contribution is -2.26. The number of hydrogen-bond acceptors (Lipinski definition) is 2. The Morgan fingerprint density at radius 1 is 1.27 bits per heavy atom. The second-order valence-corrected chi connectivity index (χ2v) is 3.60. The van der Waals surface area contributed by atoms with Crippen LogP contribution in [0.3, 0.4) is 0 Å². The molecule has 0 fully saturated rings. The number of nitrogens with zero attached hydrogens (tertiary/aromatic N) is 2. The highest BCUT2D eigenvalue weighted by Crippen LogP contribution is 2.22. The van der Waals surface area contributed by atoms with Crippen molar-refractivity contribution >= 4 is 0 Å². The van der Waals surface area contributed by atoms with Crippen LogP contribution >= 0.6 is 0 Å². The van der Waals surface area contributed by atoms with E-state index in [9.17, 15) is 0 Å². The van der Waals surface area contributed by atoms with Crippen molar-refractivity contribution in [1.82, 2.24) is 4.90 Å². The molecule has 0 amide bonds. The van der Waals surface area contributed by atoms with Crippen molar-refractivity contribution < 1.29 is 0 Å². The quantitative estimate of drug-likeness (QED) is 0.750. The Balaban J connectivity index is 3.00. The Morgan fingerprint density at radius 2 is 1.87 bits per heavy atom. The van der Waals surface area contributed by atoms with Crippen molar-refractivity contribution in [2.45, 2.75) is 26.8 Å². The molecule has 80 valence electrons. The first kappa shape index (κ1) is 11.7. The first-order valence-electron chi connectivity index (χ1n) is 5.47. The molecule has 1 rings (SSSR count). The number of benzene rings is 1. The second kappa shape index (κ2) is 5.53. The van der Waals surface area contributed by atoms with E-state index in [0.717, 1.165) is 24.2 Å². The molecule has 0 spiro atoms. The van der Waals surface area contributed by atoms with Crippen LogP contribution in [0.15, 0.2) is 24.3 Å². The van der Waals surface area contributed by atoms with Crippen LogP contribution in [0, 0.1) is 11.3 Å². The Hall–Kier alpha value is -1.33. The highest BCUT2D eigenvalue weighted by Gasteiger charge is 2.14. The van der Waals surface area contributed by atoms with E-state index in [1.807, 2.05) is 24.3 Å². The number of nitriles is 1. The zero-order valence-corrected chi connectivity index (χ0v) is 9.70. The first-order chi connectivity index (χ1) is 7.24. The van der Waals surface area contributed by atoms with Crippen molar-refractivity contribution in [2.24, 2.45) is 0 Å². The molecule has 0 saturated carbocycles. The van der Waals surface area contributed by atoms with Gasteiger partial charge < -0.3 is 0 Å². The maximum Gasteiger partial charge on any atom is 0.0995 e. The molecule has 2 heteroatoms. The molecule has 1 aromatic rings. The Morgan fingerprint density at radius 3 is 2.40 bits per heavy atom. The fourth-order valence-corrected chi connectivity index (χ4v) is 1.93. The van der Waals surface area contributed by atoms with E-state index < -0.39 is 0 Å². The Kier molecular flexibility index (Phi) is 4.33. The van der Waals surface area contributed by atoms with E-state index in [4.69, 9.17) is 5.26 Å². The van der Waals surface area contributed by atoms with E-state index >= 15 is 0 Å². The van der Waals surface area contributed by atoms with Crippen LogP contribution in [0.1, 0.15) is 37.9 Å². The summed E-state index contributed by atoms with van der Waals surface area (Å²) in [6, 6.07) is 10.4. The highest BCUT2D eigenvalue weighted by molar-refractivity contribution is 5.39. The van der Waals surface area contributed by atoms with Gasteiger partial charge in [0.05, 0.1) is 11.6 Å². The van der Waals surface area contributed by atoms with Gasteiger partial charge >= 0.3 is 0 Å². The predicted octanol–water partition coefficient (Wildman–Crippen LogP) is 2.96. The van der Waals surface area contributed by atoms with E-state index in [0.29, 0.717) is 6.04 Å². The minimum absolute atomic E-state index is 0.316. The van der Waals surface area contributed by atoms with Crippen LogP contribution in [0.5, 0.6) is 0 Å². The fourth-order valence-electron chi connectivity index (χ4n) is 1.93. The molecule has 1 unspecified atom stereocenters. The van der Waals surface area contributed by atoms with Crippen molar-refractivity contribution in [3.05, 3.63) is 35.4 Å². The van der Waals surface area contributed by atoms with E-state index in [-0.39, 0.29) is 0 Å². The second-order valence-electron chi connectivity index (χ2n) is 3.60. The summed E-state index contributed by atoms with van der Waals surface area (Å²) in [4.78, 5) is 2.34. The number of rotatable bonds is 4. The molecule has 0 saturated heterocycles. The minimum atomic E-state index is 0.316. The Labute approximate surface area is 92.1 Å². The molecule has 0 aliphatic rings. The summed E-state index contributed by atoms with van der Waals surface area (Å²) in [5.41, 5.74) is 1.92. The first-order valence-corrected chi connectivity index (χ1v) is 5.47. The molecule has 0 N–H and O–H groups in total. The highest BCUT2D eigenvalue weighted by atomic mass is 15.1. The summed E-state index contributed by atoms with van der Waals surface area (Å²) in [5.74, 6) is 0. The van der Waals surface area contributed by atoms with Gasteiger partial charge in [0.15, 0.2) is 0 Å². The molecular weight excluding hydrogens is 184 g/mol. The lowest BCUT2D eigenvalue weighted by atomic mass is 10.0. The molecule has 1 atom stereocenters. The Bertz CT molecular complexity index is 348. The van der Waals surface area contributed by atoms with Crippen molar-refractivity contribution in [3.63, 3.8) is 0 Å². The van der Waals surface area contributed by atoms with Gasteiger partial charge in [0.2, 0.25) is 0 Å². The molecule has 2 nitrogen and oxygen atoms in total. The SMILES string of the molecule is CCN(CC)C(C)c1ccccc1C#N. The third-order valence-electron chi connectivity index (χ3n) is 2.89. The smallest absolute Gasteiger partial charge is 0.0995 e. The molecule has 0 aromatic heterocycles. The van der Waals surface area contributed by atoms with Gasteiger partial charge in [-0.1, -0.05) is 32.0 Å². The summed E-state index contributed by atoms with van der Waals surface area (Å²) in [7, 11) is 0.